The minimum Gasteiger partial charge on any atom is -0.406 e. The number of nitrogens with two attached hydrogens (primary N) is 1. The number of anilines is 5. The van der Waals surface area contributed by atoms with Crippen LogP contribution in [0.2, 0.25) is 0 Å². The lowest BCUT2D eigenvalue weighted by atomic mass is 10.3. The van der Waals surface area contributed by atoms with Crippen molar-refractivity contribution in [3.8, 4) is 5.75 Å². The molecule has 0 aliphatic carbocycles. The highest BCUT2D eigenvalue weighted by Crippen LogP contribution is 2.29. The van der Waals surface area contributed by atoms with Crippen LogP contribution in [0, 0.1) is 0 Å². The van der Waals surface area contributed by atoms with Crippen LogP contribution < -0.4 is 21.1 Å². The minimum absolute atomic E-state index is 0.243. The van der Waals surface area contributed by atoms with Crippen molar-refractivity contribution in [1.82, 2.24) is 15.0 Å². The van der Waals surface area contributed by atoms with Gasteiger partial charge in [0.1, 0.15) is 17.8 Å². The van der Waals surface area contributed by atoms with Crippen LogP contribution in [0.1, 0.15) is 0 Å². The van der Waals surface area contributed by atoms with E-state index in [-0.39, 0.29) is 11.4 Å². The Morgan fingerprint density at radius 1 is 0.923 bits per heavy atom. The normalized spacial score (nSPS) is 11.0. The summed E-state index contributed by atoms with van der Waals surface area (Å²) < 4.78 is 40.4. The van der Waals surface area contributed by atoms with Gasteiger partial charge in [0.2, 0.25) is 0 Å². The zero-order chi connectivity index (χ0) is 18.6. The quantitative estimate of drug-likeness (QED) is 0.634. The number of hydrogen-bond acceptors (Lipinski definition) is 7. The highest BCUT2D eigenvalue weighted by Gasteiger charge is 2.30. The fraction of sp³-hybridized carbons (Fsp3) is 0.0625. The molecule has 7 nitrogen and oxygen atoms in total. The predicted molar refractivity (Wildman–Crippen MR) is 90.4 cm³/mol. The Kier molecular flexibility index (Phi) is 4.74. The second-order valence-electron chi connectivity index (χ2n) is 5.05. The highest BCUT2D eigenvalue weighted by atomic mass is 19.4. The fourth-order valence-electron chi connectivity index (χ4n) is 2.04. The summed E-state index contributed by atoms with van der Waals surface area (Å²) in [5, 5.41) is 5.93. The molecule has 3 rings (SSSR count). The number of benzene rings is 1. The second-order valence-corrected chi connectivity index (χ2v) is 5.05. The van der Waals surface area contributed by atoms with Crippen molar-refractivity contribution < 1.29 is 17.9 Å². The average Bonchev–Trinajstić information content (AvgIpc) is 2.60. The zero-order valence-electron chi connectivity index (χ0n) is 13.2. The molecule has 134 valence electrons. The molecule has 4 N–H and O–H groups in total. The molecule has 0 aliphatic heterocycles. The van der Waals surface area contributed by atoms with Gasteiger partial charge in [-0.2, -0.15) is 0 Å². The lowest BCUT2D eigenvalue weighted by Crippen LogP contribution is -2.17. The van der Waals surface area contributed by atoms with Gasteiger partial charge in [0.15, 0.2) is 11.6 Å². The van der Waals surface area contributed by atoms with Crippen LogP contribution in [0.3, 0.4) is 0 Å². The molecule has 2 heterocycles. The molecule has 3 aromatic rings. The van der Waals surface area contributed by atoms with E-state index in [1.165, 1.54) is 30.6 Å². The van der Waals surface area contributed by atoms with E-state index in [1.807, 2.05) is 0 Å². The van der Waals surface area contributed by atoms with E-state index in [2.05, 4.69) is 30.3 Å². The standard InChI is InChI=1S/C16H13F3N6O/c17-16(18,19)26-12-5-3-10(4-6-12)24-14-13(20)15(23-9-22-14)25-11-2-1-7-21-8-11/h1-9H,20H2,(H2,22,23,24,25). The number of alkyl halides is 3. The van der Waals surface area contributed by atoms with E-state index < -0.39 is 6.36 Å². The van der Waals surface area contributed by atoms with Crippen molar-refractivity contribution in [2.75, 3.05) is 16.4 Å². The summed E-state index contributed by atoms with van der Waals surface area (Å²) in [5.74, 6) is 0.348. The van der Waals surface area contributed by atoms with Crippen LogP contribution in [0.4, 0.5) is 41.9 Å². The smallest absolute Gasteiger partial charge is 0.406 e. The summed E-state index contributed by atoms with van der Waals surface area (Å²) in [6, 6.07) is 8.74. The van der Waals surface area contributed by atoms with Gasteiger partial charge in [0, 0.05) is 11.9 Å². The van der Waals surface area contributed by atoms with E-state index >= 15 is 0 Å². The first-order chi connectivity index (χ1) is 12.4. The first kappa shape index (κ1) is 17.3. The van der Waals surface area contributed by atoms with Crippen molar-refractivity contribution in [3.05, 3.63) is 55.1 Å². The minimum atomic E-state index is -4.74. The summed E-state index contributed by atoms with van der Waals surface area (Å²) in [5.41, 5.74) is 7.47. The van der Waals surface area contributed by atoms with E-state index in [0.717, 1.165) is 0 Å². The molecule has 0 bridgehead atoms. The monoisotopic (exact) mass is 362 g/mol. The third-order valence-electron chi connectivity index (χ3n) is 3.16. The van der Waals surface area contributed by atoms with E-state index in [1.54, 1.807) is 24.5 Å². The van der Waals surface area contributed by atoms with Crippen LogP contribution in [-0.4, -0.2) is 21.3 Å². The molecular formula is C16H13F3N6O. The third-order valence-corrected chi connectivity index (χ3v) is 3.16. The number of rotatable bonds is 5. The Hall–Kier alpha value is -3.56. The molecule has 0 fully saturated rings. The lowest BCUT2D eigenvalue weighted by molar-refractivity contribution is -0.274. The third kappa shape index (κ3) is 4.50. The molecule has 0 spiro atoms. The van der Waals surface area contributed by atoms with Gasteiger partial charge < -0.3 is 21.1 Å². The van der Waals surface area contributed by atoms with Crippen molar-refractivity contribution >= 4 is 28.7 Å². The molecular weight excluding hydrogens is 349 g/mol. The van der Waals surface area contributed by atoms with Crippen LogP contribution in [-0.2, 0) is 0 Å². The highest BCUT2D eigenvalue weighted by molar-refractivity contribution is 5.80. The topological polar surface area (TPSA) is 98.0 Å². The van der Waals surface area contributed by atoms with Gasteiger partial charge in [-0.15, -0.1) is 13.2 Å². The van der Waals surface area contributed by atoms with Gasteiger partial charge in [-0.1, -0.05) is 0 Å². The molecule has 0 radical (unpaired) electrons. The van der Waals surface area contributed by atoms with Gasteiger partial charge >= 0.3 is 6.36 Å². The Labute approximate surface area is 146 Å². The van der Waals surface area contributed by atoms with E-state index in [4.69, 9.17) is 5.73 Å². The lowest BCUT2D eigenvalue weighted by Gasteiger charge is -2.13. The average molecular weight is 362 g/mol. The largest absolute Gasteiger partial charge is 0.573 e. The summed E-state index contributed by atoms with van der Waals surface area (Å²) in [7, 11) is 0. The van der Waals surface area contributed by atoms with Gasteiger partial charge in [0.25, 0.3) is 0 Å². The molecule has 0 saturated carbocycles. The van der Waals surface area contributed by atoms with Crippen molar-refractivity contribution in [2.45, 2.75) is 6.36 Å². The summed E-state index contributed by atoms with van der Waals surface area (Å²) >= 11 is 0. The number of hydrogen-bond donors (Lipinski definition) is 3. The number of pyridine rings is 1. The summed E-state index contributed by atoms with van der Waals surface area (Å²) in [4.78, 5) is 12.1. The molecule has 10 heteroatoms. The maximum Gasteiger partial charge on any atom is 0.573 e. The maximum atomic E-state index is 12.2. The van der Waals surface area contributed by atoms with Crippen molar-refractivity contribution in [1.29, 1.82) is 0 Å². The Balaban J connectivity index is 1.75. The predicted octanol–water partition coefficient (Wildman–Crippen LogP) is 3.84. The Bertz CT molecular complexity index is 871. The van der Waals surface area contributed by atoms with Crippen LogP contribution in [0.15, 0.2) is 55.1 Å². The number of aromatic nitrogens is 3. The van der Waals surface area contributed by atoms with Crippen LogP contribution >= 0.6 is 0 Å². The summed E-state index contributed by atoms with van der Waals surface area (Å²) in [6.07, 6.45) is -0.195. The van der Waals surface area contributed by atoms with Crippen LogP contribution in [0.5, 0.6) is 5.75 Å². The molecule has 0 saturated heterocycles. The fourth-order valence-corrected chi connectivity index (χ4v) is 2.04. The number of nitrogens with zero attached hydrogens (tertiary/aromatic N) is 3. The molecule has 0 amide bonds. The number of halogens is 3. The van der Waals surface area contributed by atoms with Gasteiger partial charge in [0.05, 0.1) is 11.9 Å². The first-order valence-corrected chi connectivity index (χ1v) is 7.31. The molecule has 0 unspecified atom stereocenters. The Morgan fingerprint density at radius 2 is 1.58 bits per heavy atom. The van der Waals surface area contributed by atoms with E-state index in [0.29, 0.717) is 23.0 Å². The van der Waals surface area contributed by atoms with Crippen LogP contribution in [0.25, 0.3) is 0 Å². The van der Waals surface area contributed by atoms with Gasteiger partial charge in [-0.3, -0.25) is 4.98 Å². The second kappa shape index (κ2) is 7.13. The molecule has 2 aromatic heterocycles. The number of nitrogens with one attached hydrogen (secondary N) is 2. The molecule has 1 aromatic carbocycles. The summed E-state index contributed by atoms with van der Waals surface area (Å²) in [6.45, 7) is 0. The maximum absolute atomic E-state index is 12.2. The SMILES string of the molecule is Nc1c(Nc2ccc(OC(F)(F)F)cc2)ncnc1Nc1cccnc1. The van der Waals surface area contributed by atoms with Gasteiger partial charge in [-0.05, 0) is 36.4 Å². The zero-order valence-corrected chi connectivity index (χ0v) is 13.2. The van der Waals surface area contributed by atoms with Crippen molar-refractivity contribution in [2.24, 2.45) is 0 Å². The van der Waals surface area contributed by atoms with Crippen molar-refractivity contribution in [3.63, 3.8) is 0 Å². The number of nitrogen functional groups attached to an aromatic ring is 1. The molecule has 0 aliphatic rings. The first-order valence-electron chi connectivity index (χ1n) is 7.31. The molecule has 0 atom stereocenters. The molecule has 26 heavy (non-hydrogen) atoms. The Morgan fingerprint density at radius 3 is 2.15 bits per heavy atom. The van der Waals surface area contributed by atoms with Gasteiger partial charge in [-0.25, -0.2) is 9.97 Å². The van der Waals surface area contributed by atoms with E-state index in [9.17, 15) is 13.2 Å². The number of ether oxygens (including phenoxy) is 1.